The topological polar surface area (TPSA) is 33.1 Å². The molecule has 0 spiro atoms. The van der Waals surface area contributed by atoms with Gasteiger partial charge in [-0.25, -0.2) is 4.68 Å². The van der Waals surface area contributed by atoms with E-state index in [4.69, 9.17) is 28.3 Å². The quantitative estimate of drug-likeness (QED) is 0.878. The zero-order valence-electron chi connectivity index (χ0n) is 13.9. The number of anilines is 1. The number of piperidine rings is 1. The number of benzene rings is 1. The van der Waals surface area contributed by atoms with Crippen LogP contribution in [0.15, 0.2) is 18.2 Å². The number of hydrogen-bond donors (Lipinski definition) is 1. The van der Waals surface area contributed by atoms with Gasteiger partial charge in [-0.3, -0.25) is 0 Å². The Bertz CT molecular complexity index is 735. The molecule has 1 aromatic carbocycles. The van der Waals surface area contributed by atoms with Crippen LogP contribution in [-0.2, 0) is 6.42 Å². The van der Waals surface area contributed by atoms with Crippen molar-refractivity contribution in [2.45, 2.75) is 32.1 Å². The lowest BCUT2D eigenvalue weighted by molar-refractivity contribution is 0.215. The second-order valence-corrected chi connectivity index (χ2v) is 7.53. The van der Waals surface area contributed by atoms with Crippen LogP contribution in [0, 0.1) is 0 Å². The first kappa shape index (κ1) is 16.2. The van der Waals surface area contributed by atoms with E-state index in [2.05, 4.69) is 17.1 Å². The molecule has 1 aromatic heterocycles. The second kappa shape index (κ2) is 6.58. The Kier molecular flexibility index (Phi) is 4.46. The number of likely N-dealkylation sites (tertiary alicyclic amines) is 1. The van der Waals surface area contributed by atoms with Crippen molar-refractivity contribution in [3.8, 4) is 5.69 Å². The zero-order valence-corrected chi connectivity index (χ0v) is 15.4. The van der Waals surface area contributed by atoms with Crippen LogP contribution >= 0.6 is 23.2 Å². The van der Waals surface area contributed by atoms with Crippen LogP contribution in [0.5, 0.6) is 0 Å². The lowest BCUT2D eigenvalue weighted by Crippen LogP contribution is -2.34. The third-order valence-corrected chi connectivity index (χ3v) is 5.55. The number of nitrogens with one attached hydrogen (secondary N) is 1. The minimum Gasteiger partial charge on any atom is -0.369 e. The minimum atomic E-state index is 0.517. The third kappa shape index (κ3) is 2.92. The molecule has 2 aliphatic rings. The SMILES string of the molecule is CCN1CCCC(c2nn(-c3cc(Cl)cc(Cl)c3)c3c2CCN3)C1. The molecule has 1 N–H and O–H groups in total. The van der Waals surface area contributed by atoms with Gasteiger partial charge in [0.15, 0.2) is 0 Å². The second-order valence-electron chi connectivity index (χ2n) is 6.66. The molecular weight excluding hydrogens is 343 g/mol. The van der Waals surface area contributed by atoms with Gasteiger partial charge in [0.05, 0.1) is 11.4 Å². The number of nitrogens with zero attached hydrogens (tertiary/aromatic N) is 3. The van der Waals surface area contributed by atoms with Crippen LogP contribution in [0.1, 0.15) is 36.9 Å². The summed E-state index contributed by atoms with van der Waals surface area (Å²) in [5, 5.41) is 9.75. The molecule has 0 saturated carbocycles. The smallest absolute Gasteiger partial charge is 0.133 e. The number of aromatic nitrogens is 2. The lowest BCUT2D eigenvalue weighted by atomic mass is 9.92. The van der Waals surface area contributed by atoms with Crippen LogP contribution in [0.4, 0.5) is 5.82 Å². The Morgan fingerprint density at radius 2 is 2.04 bits per heavy atom. The monoisotopic (exact) mass is 364 g/mol. The van der Waals surface area contributed by atoms with Gasteiger partial charge in [0, 0.05) is 34.6 Å². The molecule has 0 radical (unpaired) electrons. The van der Waals surface area contributed by atoms with Crippen molar-refractivity contribution in [1.82, 2.24) is 14.7 Å². The van der Waals surface area contributed by atoms with E-state index in [0.29, 0.717) is 16.0 Å². The first-order valence-corrected chi connectivity index (χ1v) is 9.45. The summed E-state index contributed by atoms with van der Waals surface area (Å²) in [6.45, 7) is 6.63. The minimum absolute atomic E-state index is 0.517. The van der Waals surface area contributed by atoms with E-state index in [1.54, 1.807) is 6.07 Å². The van der Waals surface area contributed by atoms with E-state index in [-0.39, 0.29) is 0 Å². The lowest BCUT2D eigenvalue weighted by Gasteiger charge is -2.31. The highest BCUT2D eigenvalue weighted by atomic mass is 35.5. The Morgan fingerprint density at radius 3 is 2.79 bits per heavy atom. The van der Waals surface area contributed by atoms with Crippen LogP contribution < -0.4 is 5.32 Å². The molecule has 3 heterocycles. The van der Waals surface area contributed by atoms with Gasteiger partial charge in [0.1, 0.15) is 5.82 Å². The van der Waals surface area contributed by atoms with Gasteiger partial charge < -0.3 is 10.2 Å². The van der Waals surface area contributed by atoms with Crippen molar-refractivity contribution >= 4 is 29.0 Å². The van der Waals surface area contributed by atoms with Gasteiger partial charge in [-0.2, -0.15) is 5.10 Å². The van der Waals surface area contributed by atoms with Crippen molar-refractivity contribution in [2.75, 3.05) is 31.5 Å². The zero-order chi connectivity index (χ0) is 16.7. The number of fused-ring (bicyclic) bond motifs is 1. The molecule has 2 aromatic rings. The van der Waals surface area contributed by atoms with Gasteiger partial charge in [0.2, 0.25) is 0 Å². The van der Waals surface area contributed by atoms with Gasteiger partial charge >= 0.3 is 0 Å². The summed E-state index contributed by atoms with van der Waals surface area (Å²) in [5.74, 6) is 1.63. The maximum Gasteiger partial charge on any atom is 0.133 e. The van der Waals surface area contributed by atoms with Crippen molar-refractivity contribution in [1.29, 1.82) is 0 Å². The molecule has 24 heavy (non-hydrogen) atoms. The van der Waals surface area contributed by atoms with Crippen LogP contribution in [0.3, 0.4) is 0 Å². The molecule has 0 amide bonds. The first-order valence-electron chi connectivity index (χ1n) is 8.70. The average molecular weight is 365 g/mol. The summed E-state index contributed by atoms with van der Waals surface area (Å²) < 4.78 is 1.99. The first-order chi connectivity index (χ1) is 11.7. The molecule has 1 unspecified atom stereocenters. The summed E-state index contributed by atoms with van der Waals surface area (Å²) in [6, 6.07) is 5.60. The molecule has 1 atom stereocenters. The van der Waals surface area contributed by atoms with Gasteiger partial charge in [-0.15, -0.1) is 0 Å². The van der Waals surface area contributed by atoms with Crippen molar-refractivity contribution in [3.63, 3.8) is 0 Å². The number of rotatable bonds is 3. The average Bonchev–Trinajstić information content (AvgIpc) is 3.16. The Labute approximate surface area is 152 Å². The highest BCUT2D eigenvalue weighted by molar-refractivity contribution is 6.34. The highest BCUT2D eigenvalue weighted by Crippen LogP contribution is 2.36. The van der Waals surface area contributed by atoms with E-state index >= 15 is 0 Å². The van der Waals surface area contributed by atoms with E-state index in [1.165, 1.54) is 30.6 Å². The Hall–Kier alpha value is -1.23. The van der Waals surface area contributed by atoms with E-state index < -0.39 is 0 Å². The van der Waals surface area contributed by atoms with Gasteiger partial charge in [-0.1, -0.05) is 30.1 Å². The summed E-state index contributed by atoms with van der Waals surface area (Å²) in [4.78, 5) is 2.53. The molecule has 4 rings (SSSR count). The molecule has 0 bridgehead atoms. The molecule has 1 saturated heterocycles. The summed E-state index contributed by atoms with van der Waals surface area (Å²) in [5.41, 5.74) is 3.55. The predicted molar refractivity (Wildman–Crippen MR) is 99.9 cm³/mol. The maximum atomic E-state index is 6.19. The van der Waals surface area contributed by atoms with Crippen LogP contribution in [-0.4, -0.2) is 40.9 Å². The van der Waals surface area contributed by atoms with Crippen molar-refractivity contribution in [2.24, 2.45) is 0 Å². The molecule has 2 aliphatic heterocycles. The summed E-state index contributed by atoms with van der Waals surface area (Å²) >= 11 is 12.4. The maximum absolute atomic E-state index is 6.19. The van der Waals surface area contributed by atoms with Crippen molar-refractivity contribution < 1.29 is 0 Å². The van der Waals surface area contributed by atoms with Crippen LogP contribution in [0.25, 0.3) is 5.69 Å². The third-order valence-electron chi connectivity index (χ3n) is 5.11. The number of likely N-dealkylation sites (N-methyl/N-ethyl adjacent to an activating group) is 1. The molecule has 128 valence electrons. The standard InChI is InChI=1S/C18H22Cl2N4/c1-2-23-7-3-4-12(11-23)17-16-5-6-21-18(16)24(22-17)15-9-13(19)8-14(20)10-15/h8-10,12,21H,2-7,11H2,1H3. The van der Waals surface area contributed by atoms with E-state index in [9.17, 15) is 0 Å². The predicted octanol–water partition coefficient (Wildman–Crippen LogP) is 4.35. The normalized spacial score (nSPS) is 20.9. The van der Waals surface area contributed by atoms with Gasteiger partial charge in [-0.05, 0) is 50.6 Å². The van der Waals surface area contributed by atoms with E-state index in [1.807, 2.05) is 16.8 Å². The molecular formula is C18H22Cl2N4. The molecule has 6 heteroatoms. The largest absolute Gasteiger partial charge is 0.369 e. The van der Waals surface area contributed by atoms with E-state index in [0.717, 1.165) is 37.6 Å². The Balaban J connectivity index is 1.75. The highest BCUT2D eigenvalue weighted by Gasteiger charge is 2.30. The fraction of sp³-hybridized carbons (Fsp3) is 0.500. The molecule has 0 aliphatic carbocycles. The summed E-state index contributed by atoms with van der Waals surface area (Å²) in [7, 11) is 0. The fourth-order valence-electron chi connectivity index (χ4n) is 3.94. The van der Waals surface area contributed by atoms with Crippen molar-refractivity contribution in [3.05, 3.63) is 39.5 Å². The number of halogens is 2. The van der Waals surface area contributed by atoms with Gasteiger partial charge in [0.25, 0.3) is 0 Å². The molecule has 4 nitrogen and oxygen atoms in total. The number of hydrogen-bond acceptors (Lipinski definition) is 3. The molecule has 1 fully saturated rings. The van der Waals surface area contributed by atoms with Crippen LogP contribution in [0.2, 0.25) is 10.0 Å². The summed E-state index contributed by atoms with van der Waals surface area (Å²) in [6.07, 6.45) is 3.51. The fourth-order valence-corrected chi connectivity index (χ4v) is 4.46. The Morgan fingerprint density at radius 1 is 1.25 bits per heavy atom.